The molecule has 25 heavy (non-hydrogen) atoms. The zero-order valence-corrected chi connectivity index (χ0v) is 14.9. The quantitative estimate of drug-likeness (QED) is 0.817. The van der Waals surface area contributed by atoms with Crippen molar-refractivity contribution in [3.63, 3.8) is 0 Å². The van der Waals surface area contributed by atoms with E-state index in [0.717, 1.165) is 44.1 Å². The predicted molar refractivity (Wildman–Crippen MR) is 88.2 cm³/mol. The number of rotatable bonds is 3. The van der Waals surface area contributed by atoms with E-state index in [9.17, 15) is 21.6 Å². The molecule has 1 unspecified atom stereocenters. The Morgan fingerprint density at radius 3 is 2.56 bits per heavy atom. The van der Waals surface area contributed by atoms with E-state index in [2.05, 4.69) is 10.0 Å². The molecule has 5 nitrogen and oxygen atoms in total. The van der Waals surface area contributed by atoms with E-state index < -0.39 is 27.8 Å². The van der Waals surface area contributed by atoms with Gasteiger partial charge in [-0.25, -0.2) is 13.1 Å². The van der Waals surface area contributed by atoms with Crippen LogP contribution in [0.3, 0.4) is 0 Å². The normalized spacial score (nSPS) is 23.4. The Labute approximate surface area is 150 Å². The molecule has 2 aliphatic heterocycles. The van der Waals surface area contributed by atoms with Gasteiger partial charge < -0.3 is 10.1 Å². The maximum Gasteiger partial charge on any atom is 0.416 e. The Balaban J connectivity index is 0.00000225. The highest BCUT2D eigenvalue weighted by Gasteiger charge is 2.42. The standard InChI is InChI=1S/C15H19F3N2O3S.ClH/c16-15(17,18)11-2-1-3-13(8-11)24(21,22)20-12-9-14(23-10-12)4-6-19-7-5-14;/h1-3,8,12,19-20H,4-7,9-10H2;1H. The minimum atomic E-state index is -4.58. The summed E-state index contributed by atoms with van der Waals surface area (Å²) in [4.78, 5) is -0.386. The maximum absolute atomic E-state index is 12.8. The summed E-state index contributed by atoms with van der Waals surface area (Å²) >= 11 is 0. The van der Waals surface area contributed by atoms with Crippen LogP contribution in [0.15, 0.2) is 29.2 Å². The van der Waals surface area contributed by atoms with E-state index in [1.54, 1.807) is 0 Å². The Hall–Kier alpha value is -0.870. The van der Waals surface area contributed by atoms with Crippen molar-refractivity contribution in [2.24, 2.45) is 0 Å². The van der Waals surface area contributed by atoms with Crippen molar-refractivity contribution in [2.45, 2.75) is 42.0 Å². The molecule has 3 rings (SSSR count). The van der Waals surface area contributed by atoms with Crippen LogP contribution >= 0.6 is 12.4 Å². The summed E-state index contributed by atoms with van der Waals surface area (Å²) < 4.78 is 71.3. The third-order valence-electron chi connectivity index (χ3n) is 4.52. The van der Waals surface area contributed by atoms with Gasteiger partial charge in [0.15, 0.2) is 0 Å². The van der Waals surface area contributed by atoms with Crippen LogP contribution in [0.2, 0.25) is 0 Å². The number of hydrogen-bond donors (Lipinski definition) is 2. The van der Waals surface area contributed by atoms with E-state index in [1.165, 1.54) is 0 Å². The number of ether oxygens (including phenoxy) is 1. The van der Waals surface area contributed by atoms with Gasteiger partial charge in [0.1, 0.15) is 0 Å². The molecule has 0 aromatic heterocycles. The third-order valence-corrected chi connectivity index (χ3v) is 6.04. The molecule has 0 bridgehead atoms. The fourth-order valence-electron chi connectivity index (χ4n) is 3.28. The van der Waals surface area contributed by atoms with Gasteiger partial charge in [0.25, 0.3) is 0 Å². The van der Waals surface area contributed by atoms with Crippen molar-refractivity contribution in [3.05, 3.63) is 29.8 Å². The fourth-order valence-corrected chi connectivity index (χ4v) is 4.54. The molecular formula is C15H20ClF3N2O3S. The largest absolute Gasteiger partial charge is 0.416 e. The molecule has 2 aliphatic rings. The summed E-state index contributed by atoms with van der Waals surface area (Å²) in [5, 5.41) is 3.22. The molecule has 0 saturated carbocycles. The van der Waals surface area contributed by atoms with Crippen LogP contribution in [0.1, 0.15) is 24.8 Å². The van der Waals surface area contributed by atoms with Gasteiger partial charge >= 0.3 is 6.18 Å². The zero-order chi connectivity index (χ0) is 17.4. The summed E-state index contributed by atoms with van der Waals surface area (Å²) in [5.74, 6) is 0. The lowest BCUT2D eigenvalue weighted by Gasteiger charge is -2.32. The van der Waals surface area contributed by atoms with Crippen LogP contribution in [0.25, 0.3) is 0 Å². The second-order valence-electron chi connectivity index (χ2n) is 6.29. The molecule has 0 radical (unpaired) electrons. The average molecular weight is 401 g/mol. The predicted octanol–water partition coefficient (Wildman–Crippen LogP) is 2.32. The van der Waals surface area contributed by atoms with Crippen LogP contribution in [0.5, 0.6) is 0 Å². The van der Waals surface area contributed by atoms with Gasteiger partial charge in [-0.15, -0.1) is 12.4 Å². The number of alkyl halides is 3. The van der Waals surface area contributed by atoms with Gasteiger partial charge in [-0.1, -0.05) is 6.07 Å². The van der Waals surface area contributed by atoms with Gasteiger partial charge in [0.2, 0.25) is 10.0 Å². The first-order chi connectivity index (χ1) is 11.2. The molecule has 10 heteroatoms. The van der Waals surface area contributed by atoms with E-state index in [-0.39, 0.29) is 29.5 Å². The molecule has 2 saturated heterocycles. The average Bonchev–Trinajstić information content (AvgIpc) is 2.89. The first-order valence-electron chi connectivity index (χ1n) is 7.75. The number of piperidine rings is 1. The van der Waals surface area contributed by atoms with Crippen molar-refractivity contribution < 1.29 is 26.3 Å². The van der Waals surface area contributed by atoms with Gasteiger partial charge in [0, 0.05) is 6.04 Å². The third kappa shape index (κ3) is 4.65. The minimum absolute atomic E-state index is 0. The highest BCUT2D eigenvalue weighted by atomic mass is 35.5. The molecule has 2 N–H and O–H groups in total. The Kier molecular flexibility index (Phi) is 6.05. The van der Waals surface area contributed by atoms with E-state index in [0.29, 0.717) is 12.5 Å². The van der Waals surface area contributed by atoms with Crippen LogP contribution in [-0.4, -0.2) is 39.8 Å². The minimum Gasteiger partial charge on any atom is -0.373 e. The fraction of sp³-hybridized carbons (Fsp3) is 0.600. The summed E-state index contributed by atoms with van der Waals surface area (Å²) in [6, 6.07) is 3.33. The lowest BCUT2D eigenvalue weighted by molar-refractivity contribution is -0.137. The van der Waals surface area contributed by atoms with E-state index in [4.69, 9.17) is 4.74 Å². The first-order valence-corrected chi connectivity index (χ1v) is 9.23. The van der Waals surface area contributed by atoms with Crippen molar-refractivity contribution in [1.82, 2.24) is 10.0 Å². The second kappa shape index (κ2) is 7.40. The topological polar surface area (TPSA) is 67.4 Å². The van der Waals surface area contributed by atoms with Gasteiger partial charge in [0.05, 0.1) is 22.7 Å². The zero-order valence-electron chi connectivity index (χ0n) is 13.3. The highest BCUT2D eigenvalue weighted by molar-refractivity contribution is 7.89. The molecule has 0 aliphatic carbocycles. The first kappa shape index (κ1) is 20.4. The van der Waals surface area contributed by atoms with Gasteiger partial charge in [-0.2, -0.15) is 13.2 Å². The molecular weight excluding hydrogens is 381 g/mol. The summed E-state index contributed by atoms with van der Waals surface area (Å²) in [5.41, 5.74) is -1.31. The molecule has 142 valence electrons. The number of halogens is 4. The Morgan fingerprint density at radius 2 is 1.92 bits per heavy atom. The van der Waals surface area contributed by atoms with Crippen LogP contribution in [-0.2, 0) is 20.9 Å². The smallest absolute Gasteiger partial charge is 0.373 e. The molecule has 1 aromatic rings. The van der Waals surface area contributed by atoms with Crippen LogP contribution in [0, 0.1) is 0 Å². The van der Waals surface area contributed by atoms with Crippen molar-refractivity contribution in [2.75, 3.05) is 19.7 Å². The van der Waals surface area contributed by atoms with Crippen molar-refractivity contribution >= 4 is 22.4 Å². The van der Waals surface area contributed by atoms with Gasteiger partial charge in [-0.3, -0.25) is 0 Å². The molecule has 1 aromatic carbocycles. The Bertz CT molecular complexity index is 706. The molecule has 0 amide bonds. The second-order valence-corrected chi connectivity index (χ2v) is 8.01. The highest BCUT2D eigenvalue weighted by Crippen LogP contribution is 2.35. The van der Waals surface area contributed by atoms with Gasteiger partial charge in [-0.05, 0) is 50.6 Å². The lowest BCUT2D eigenvalue weighted by atomic mass is 9.88. The molecule has 2 fully saturated rings. The van der Waals surface area contributed by atoms with Crippen LogP contribution in [0.4, 0.5) is 13.2 Å². The maximum atomic E-state index is 12.8. The van der Waals surface area contributed by atoms with E-state index >= 15 is 0 Å². The summed E-state index contributed by atoms with van der Waals surface area (Å²) in [7, 11) is -4.03. The molecule has 1 spiro atoms. The molecule has 2 heterocycles. The molecule has 1 atom stereocenters. The van der Waals surface area contributed by atoms with Crippen molar-refractivity contribution in [1.29, 1.82) is 0 Å². The number of hydrogen-bond acceptors (Lipinski definition) is 4. The number of nitrogens with one attached hydrogen (secondary N) is 2. The lowest BCUT2D eigenvalue weighted by Crippen LogP contribution is -2.43. The number of benzene rings is 1. The summed E-state index contributed by atoms with van der Waals surface area (Å²) in [6.45, 7) is 1.86. The number of sulfonamides is 1. The van der Waals surface area contributed by atoms with E-state index in [1.807, 2.05) is 0 Å². The van der Waals surface area contributed by atoms with Crippen LogP contribution < -0.4 is 10.0 Å². The van der Waals surface area contributed by atoms with Crippen molar-refractivity contribution in [3.8, 4) is 0 Å². The SMILES string of the molecule is Cl.O=S(=O)(NC1COC2(CCNCC2)C1)c1cccc(C(F)(F)F)c1. The monoisotopic (exact) mass is 400 g/mol. The Morgan fingerprint density at radius 1 is 1.24 bits per heavy atom. The summed E-state index contributed by atoms with van der Waals surface area (Å²) in [6.07, 6.45) is -2.45.